The van der Waals surface area contributed by atoms with Crippen LogP contribution in [0.15, 0.2) is 0 Å². The highest BCUT2D eigenvalue weighted by atomic mass is 28.2. The van der Waals surface area contributed by atoms with Crippen molar-refractivity contribution >= 4 is 9.52 Å². The van der Waals surface area contributed by atoms with Gasteiger partial charge in [0.15, 0.2) is 0 Å². The molecule has 1 aliphatic heterocycles. The second-order valence-electron chi connectivity index (χ2n) is 3.18. The van der Waals surface area contributed by atoms with Crippen molar-refractivity contribution in [3.05, 3.63) is 0 Å². The van der Waals surface area contributed by atoms with Gasteiger partial charge in [-0.25, -0.2) is 0 Å². The zero-order valence-corrected chi connectivity index (χ0v) is 10.3. The van der Waals surface area contributed by atoms with Gasteiger partial charge in [-0.2, -0.15) is 0 Å². The summed E-state index contributed by atoms with van der Waals surface area (Å²) >= 11 is 0. The molecular weight excluding hydrogens is 184 g/mol. The number of hydrogen-bond acceptors (Lipinski definition) is 3. The summed E-state index contributed by atoms with van der Waals surface area (Å²) in [7, 11) is 0.0406. The van der Waals surface area contributed by atoms with Gasteiger partial charge in [0.1, 0.15) is 0 Å². The lowest BCUT2D eigenvalue weighted by molar-refractivity contribution is -0.372. The number of ether oxygens (including phenoxy) is 3. The minimum Gasteiger partial charge on any atom is -0.328 e. The second kappa shape index (κ2) is 5.10. The van der Waals surface area contributed by atoms with Crippen LogP contribution < -0.4 is 0 Å². The summed E-state index contributed by atoms with van der Waals surface area (Å²) in [5, 5.41) is 0. The molecule has 0 aromatic heterocycles. The molecule has 13 heavy (non-hydrogen) atoms. The molecular formula is C9H20O3Si. The van der Waals surface area contributed by atoms with Gasteiger partial charge < -0.3 is 14.2 Å². The van der Waals surface area contributed by atoms with E-state index in [2.05, 4.69) is 0 Å². The summed E-state index contributed by atoms with van der Waals surface area (Å²) in [5.74, 6) is -0.676. The van der Waals surface area contributed by atoms with E-state index in [1.165, 1.54) is 6.04 Å². The molecule has 0 aromatic carbocycles. The summed E-state index contributed by atoms with van der Waals surface area (Å²) < 4.78 is 16.9. The molecule has 1 heterocycles. The van der Waals surface area contributed by atoms with Crippen LogP contribution in [-0.2, 0) is 14.2 Å². The monoisotopic (exact) mass is 204 g/mol. The van der Waals surface area contributed by atoms with Crippen molar-refractivity contribution < 1.29 is 14.2 Å². The quantitative estimate of drug-likeness (QED) is 0.460. The fraction of sp³-hybridized carbons (Fsp3) is 1.00. The Morgan fingerprint density at radius 1 is 1.08 bits per heavy atom. The lowest BCUT2D eigenvalue weighted by Crippen LogP contribution is -2.40. The standard InChI is InChI=1S/C9H20O3Si/c1-4-10-9(11-5-2,12-6-3)8-7-13-8/h8H,4-7,13H2,1-3H3. The Bertz CT molecular complexity index is 131. The molecule has 3 nitrogen and oxygen atoms in total. The molecule has 78 valence electrons. The maximum atomic E-state index is 5.62. The zero-order chi connectivity index (χ0) is 9.73. The number of rotatable bonds is 7. The largest absolute Gasteiger partial charge is 0.328 e. The van der Waals surface area contributed by atoms with E-state index < -0.39 is 5.97 Å². The first-order valence-electron chi connectivity index (χ1n) is 5.20. The Morgan fingerprint density at radius 3 is 1.69 bits per heavy atom. The van der Waals surface area contributed by atoms with E-state index in [1.807, 2.05) is 20.8 Å². The molecule has 1 unspecified atom stereocenters. The average molecular weight is 204 g/mol. The Balaban J connectivity index is 2.54. The van der Waals surface area contributed by atoms with Gasteiger partial charge in [0.05, 0.1) is 0 Å². The van der Waals surface area contributed by atoms with E-state index in [4.69, 9.17) is 14.2 Å². The summed E-state index contributed by atoms with van der Waals surface area (Å²) in [6.07, 6.45) is 0. The van der Waals surface area contributed by atoms with Crippen LogP contribution in [-0.4, -0.2) is 35.3 Å². The third-order valence-electron chi connectivity index (χ3n) is 2.11. The van der Waals surface area contributed by atoms with Gasteiger partial charge >= 0.3 is 0 Å². The summed E-state index contributed by atoms with van der Waals surface area (Å²) in [6.45, 7) is 7.92. The molecule has 1 atom stereocenters. The second-order valence-corrected chi connectivity index (χ2v) is 5.32. The zero-order valence-electron chi connectivity index (χ0n) is 8.84. The third-order valence-corrected chi connectivity index (χ3v) is 3.77. The van der Waals surface area contributed by atoms with E-state index >= 15 is 0 Å². The van der Waals surface area contributed by atoms with Gasteiger partial charge in [-0.05, 0) is 20.8 Å². The summed E-state index contributed by atoms with van der Waals surface area (Å²) in [6, 6.07) is 1.29. The lowest BCUT2D eigenvalue weighted by Gasteiger charge is -2.32. The van der Waals surface area contributed by atoms with Gasteiger partial charge in [-0.3, -0.25) is 0 Å². The van der Waals surface area contributed by atoms with Crippen LogP contribution >= 0.6 is 0 Å². The van der Waals surface area contributed by atoms with Crippen LogP contribution in [0.5, 0.6) is 0 Å². The van der Waals surface area contributed by atoms with Crippen molar-refractivity contribution in [1.29, 1.82) is 0 Å². The molecule has 4 heteroatoms. The van der Waals surface area contributed by atoms with Crippen LogP contribution in [0.25, 0.3) is 0 Å². The van der Waals surface area contributed by atoms with Crippen LogP contribution in [0.1, 0.15) is 20.8 Å². The molecule has 1 aliphatic rings. The molecule has 0 aliphatic carbocycles. The van der Waals surface area contributed by atoms with Crippen molar-refractivity contribution in [2.24, 2.45) is 0 Å². The first-order chi connectivity index (χ1) is 6.29. The minimum atomic E-state index is -0.676. The molecule has 0 saturated carbocycles. The van der Waals surface area contributed by atoms with Crippen molar-refractivity contribution in [1.82, 2.24) is 0 Å². The molecule has 0 radical (unpaired) electrons. The normalized spacial score (nSPS) is 23.8. The third kappa shape index (κ3) is 2.77. The highest BCUT2D eigenvalue weighted by Crippen LogP contribution is 2.43. The molecule has 0 N–H and O–H groups in total. The van der Waals surface area contributed by atoms with E-state index in [0.717, 1.165) is 0 Å². The van der Waals surface area contributed by atoms with Crippen LogP contribution in [0.3, 0.4) is 0 Å². The first kappa shape index (κ1) is 11.2. The Hall–Kier alpha value is 0.0969. The minimum absolute atomic E-state index is 0.0406. The van der Waals surface area contributed by atoms with Gasteiger partial charge in [-0.1, -0.05) is 6.04 Å². The van der Waals surface area contributed by atoms with Gasteiger partial charge in [0, 0.05) is 34.9 Å². The molecule has 0 amide bonds. The fourth-order valence-corrected chi connectivity index (χ4v) is 2.75. The van der Waals surface area contributed by atoms with E-state index in [1.54, 1.807) is 0 Å². The molecule has 1 fully saturated rings. The maximum Gasteiger partial charge on any atom is 0.282 e. The molecule has 1 rings (SSSR count). The van der Waals surface area contributed by atoms with Crippen LogP contribution in [0.2, 0.25) is 11.6 Å². The number of hydrogen-bond donors (Lipinski definition) is 0. The summed E-state index contributed by atoms with van der Waals surface area (Å²) in [5.41, 5.74) is 0.576. The highest BCUT2D eigenvalue weighted by molar-refractivity contribution is 6.51. The molecule has 0 bridgehead atoms. The lowest BCUT2D eigenvalue weighted by atomic mass is 10.4. The fourth-order valence-electron chi connectivity index (χ4n) is 1.52. The van der Waals surface area contributed by atoms with Crippen LogP contribution in [0, 0.1) is 0 Å². The topological polar surface area (TPSA) is 27.7 Å². The van der Waals surface area contributed by atoms with Crippen LogP contribution in [0.4, 0.5) is 0 Å². The van der Waals surface area contributed by atoms with E-state index in [9.17, 15) is 0 Å². The highest BCUT2D eigenvalue weighted by Gasteiger charge is 2.48. The Labute approximate surface area is 82.6 Å². The van der Waals surface area contributed by atoms with Crippen molar-refractivity contribution in [3.63, 3.8) is 0 Å². The Kier molecular flexibility index (Phi) is 4.38. The first-order valence-corrected chi connectivity index (χ1v) is 7.02. The van der Waals surface area contributed by atoms with E-state index in [-0.39, 0.29) is 9.52 Å². The maximum absolute atomic E-state index is 5.62. The SMILES string of the molecule is CCOC(OCC)(OCC)C1C[SiH2]1. The van der Waals surface area contributed by atoms with Gasteiger partial charge in [-0.15, -0.1) is 0 Å². The van der Waals surface area contributed by atoms with E-state index in [0.29, 0.717) is 25.4 Å². The predicted molar refractivity (Wildman–Crippen MR) is 54.7 cm³/mol. The molecule has 0 spiro atoms. The van der Waals surface area contributed by atoms with Crippen molar-refractivity contribution in [2.45, 2.75) is 38.3 Å². The smallest absolute Gasteiger partial charge is 0.282 e. The molecule has 0 aromatic rings. The van der Waals surface area contributed by atoms with Crippen molar-refractivity contribution in [3.8, 4) is 0 Å². The molecule has 1 saturated heterocycles. The van der Waals surface area contributed by atoms with Crippen molar-refractivity contribution in [2.75, 3.05) is 19.8 Å². The Morgan fingerprint density at radius 2 is 1.46 bits per heavy atom. The predicted octanol–water partition coefficient (Wildman–Crippen LogP) is 1.14. The average Bonchev–Trinajstić information content (AvgIpc) is 2.87. The van der Waals surface area contributed by atoms with Gasteiger partial charge in [0.2, 0.25) is 0 Å². The summed E-state index contributed by atoms with van der Waals surface area (Å²) in [4.78, 5) is 0. The van der Waals surface area contributed by atoms with Gasteiger partial charge in [0.25, 0.3) is 5.97 Å².